The average Bonchev–Trinajstić information content (AvgIpc) is 2.61. The third-order valence-electron chi connectivity index (χ3n) is 3.73. The summed E-state index contributed by atoms with van der Waals surface area (Å²) in [6.07, 6.45) is 0. The molecule has 0 aromatic heterocycles. The monoisotopic (exact) mass is 347 g/mol. The topological polar surface area (TPSA) is 21.7 Å². The lowest BCUT2D eigenvalue weighted by Gasteiger charge is -2.29. The fourth-order valence-corrected chi connectivity index (χ4v) is 2.94. The molecular formula is C18H18ClNO2S. The second-order valence-corrected chi connectivity index (χ2v) is 6.11. The smallest absolute Gasteiger partial charge is 0.120 e. The summed E-state index contributed by atoms with van der Waals surface area (Å²) in [5.74, 6) is 0.790. The minimum Gasteiger partial charge on any atom is -0.489 e. The van der Waals surface area contributed by atoms with Gasteiger partial charge in [-0.25, -0.2) is 0 Å². The van der Waals surface area contributed by atoms with E-state index in [0.29, 0.717) is 11.6 Å². The molecule has 3 nitrogen and oxygen atoms in total. The fourth-order valence-electron chi connectivity index (χ4n) is 2.44. The van der Waals surface area contributed by atoms with Crippen molar-refractivity contribution in [2.45, 2.75) is 6.61 Å². The number of hydrogen-bond acceptors (Lipinski definition) is 3. The summed E-state index contributed by atoms with van der Waals surface area (Å²) >= 11 is 11.7. The first kappa shape index (κ1) is 16.2. The zero-order valence-corrected chi connectivity index (χ0v) is 14.3. The van der Waals surface area contributed by atoms with E-state index in [0.717, 1.165) is 48.2 Å². The zero-order chi connectivity index (χ0) is 16.1. The lowest BCUT2D eigenvalue weighted by Crippen LogP contribution is -2.40. The third kappa shape index (κ3) is 4.22. The number of nitrogens with zero attached hydrogens (tertiary/aromatic N) is 1. The molecule has 3 rings (SSSR count). The van der Waals surface area contributed by atoms with Crippen LogP contribution in [0.3, 0.4) is 0 Å². The standard InChI is InChI=1S/C18H18ClNO2S/c19-17-7-2-1-4-15(17)13-22-16-6-3-5-14(12-16)18(23)20-8-10-21-11-9-20/h1-7,12H,8-11,13H2. The molecule has 5 heteroatoms. The summed E-state index contributed by atoms with van der Waals surface area (Å²) in [6.45, 7) is 3.56. The number of benzene rings is 2. The molecule has 2 aromatic carbocycles. The molecule has 0 radical (unpaired) electrons. The number of rotatable bonds is 4. The minimum absolute atomic E-state index is 0.438. The summed E-state index contributed by atoms with van der Waals surface area (Å²) in [6, 6.07) is 15.6. The second kappa shape index (κ2) is 7.77. The first-order valence-corrected chi connectivity index (χ1v) is 8.36. The van der Waals surface area contributed by atoms with Gasteiger partial charge in [0.25, 0.3) is 0 Å². The largest absolute Gasteiger partial charge is 0.489 e. The molecule has 0 saturated carbocycles. The molecule has 0 aliphatic carbocycles. The summed E-state index contributed by atoms with van der Waals surface area (Å²) in [5, 5.41) is 0.715. The summed E-state index contributed by atoms with van der Waals surface area (Å²) in [4.78, 5) is 3.02. The van der Waals surface area contributed by atoms with Crippen LogP contribution in [-0.2, 0) is 11.3 Å². The van der Waals surface area contributed by atoms with Gasteiger partial charge in [0.05, 0.1) is 13.2 Å². The Morgan fingerprint density at radius 2 is 1.91 bits per heavy atom. The SMILES string of the molecule is S=C(c1cccc(OCc2ccccc2Cl)c1)N1CCOCC1. The van der Waals surface area contributed by atoms with Crippen LogP contribution in [0, 0.1) is 0 Å². The van der Waals surface area contributed by atoms with Gasteiger partial charge in [0, 0.05) is 29.2 Å². The highest BCUT2D eigenvalue weighted by Crippen LogP contribution is 2.20. The van der Waals surface area contributed by atoms with Crippen molar-refractivity contribution >= 4 is 28.8 Å². The van der Waals surface area contributed by atoms with Crippen molar-refractivity contribution in [3.05, 3.63) is 64.7 Å². The van der Waals surface area contributed by atoms with Gasteiger partial charge in [0.2, 0.25) is 0 Å². The molecule has 1 aliphatic heterocycles. The molecule has 0 N–H and O–H groups in total. The van der Waals surface area contributed by atoms with Crippen molar-refractivity contribution < 1.29 is 9.47 Å². The van der Waals surface area contributed by atoms with E-state index < -0.39 is 0 Å². The van der Waals surface area contributed by atoms with Crippen molar-refractivity contribution in [1.82, 2.24) is 4.90 Å². The molecule has 0 spiro atoms. The molecule has 0 unspecified atom stereocenters. The Bertz CT molecular complexity index is 686. The van der Waals surface area contributed by atoms with E-state index in [1.54, 1.807) is 0 Å². The lowest BCUT2D eigenvalue weighted by atomic mass is 10.2. The van der Waals surface area contributed by atoms with Crippen LogP contribution in [0.1, 0.15) is 11.1 Å². The normalized spacial score (nSPS) is 14.6. The van der Waals surface area contributed by atoms with Crippen molar-refractivity contribution in [3.8, 4) is 5.75 Å². The first-order chi connectivity index (χ1) is 11.2. The van der Waals surface area contributed by atoms with Crippen LogP contribution in [0.2, 0.25) is 5.02 Å². The highest BCUT2D eigenvalue weighted by atomic mass is 35.5. The summed E-state index contributed by atoms with van der Waals surface area (Å²) in [7, 11) is 0. The van der Waals surface area contributed by atoms with E-state index in [-0.39, 0.29) is 0 Å². The van der Waals surface area contributed by atoms with Crippen LogP contribution < -0.4 is 4.74 Å². The van der Waals surface area contributed by atoms with Crippen molar-refractivity contribution in [2.24, 2.45) is 0 Å². The average molecular weight is 348 g/mol. The maximum absolute atomic E-state index is 6.15. The van der Waals surface area contributed by atoms with Gasteiger partial charge < -0.3 is 14.4 Å². The second-order valence-electron chi connectivity index (χ2n) is 5.31. The van der Waals surface area contributed by atoms with Crippen molar-refractivity contribution in [3.63, 3.8) is 0 Å². The van der Waals surface area contributed by atoms with Gasteiger partial charge in [0.15, 0.2) is 0 Å². The Balaban J connectivity index is 1.67. The van der Waals surface area contributed by atoms with E-state index in [1.807, 2.05) is 48.5 Å². The van der Waals surface area contributed by atoms with Crippen LogP contribution in [0.5, 0.6) is 5.75 Å². The molecule has 2 aromatic rings. The van der Waals surface area contributed by atoms with Gasteiger partial charge in [-0.15, -0.1) is 0 Å². The van der Waals surface area contributed by atoms with E-state index in [4.69, 9.17) is 33.3 Å². The van der Waals surface area contributed by atoms with E-state index >= 15 is 0 Å². The first-order valence-electron chi connectivity index (χ1n) is 7.57. The maximum Gasteiger partial charge on any atom is 0.120 e. The quantitative estimate of drug-likeness (QED) is 0.781. The molecule has 23 heavy (non-hydrogen) atoms. The highest BCUT2D eigenvalue weighted by Gasteiger charge is 2.15. The minimum atomic E-state index is 0.438. The fraction of sp³-hybridized carbons (Fsp3) is 0.278. The number of hydrogen-bond donors (Lipinski definition) is 0. The molecule has 0 atom stereocenters. The molecule has 1 aliphatic rings. The predicted molar refractivity (Wildman–Crippen MR) is 96.3 cm³/mol. The molecule has 0 bridgehead atoms. The van der Waals surface area contributed by atoms with Gasteiger partial charge >= 0.3 is 0 Å². The van der Waals surface area contributed by atoms with Crippen LogP contribution in [0.25, 0.3) is 0 Å². The number of halogens is 1. The molecule has 1 fully saturated rings. The molecule has 1 heterocycles. The van der Waals surface area contributed by atoms with Crippen LogP contribution in [0.4, 0.5) is 0 Å². The molecule has 0 amide bonds. The van der Waals surface area contributed by atoms with Crippen LogP contribution in [-0.4, -0.2) is 36.2 Å². The van der Waals surface area contributed by atoms with Gasteiger partial charge in [-0.2, -0.15) is 0 Å². The van der Waals surface area contributed by atoms with E-state index in [2.05, 4.69) is 4.90 Å². The number of morpholine rings is 1. The Labute approximate surface area is 146 Å². The molecular weight excluding hydrogens is 330 g/mol. The van der Waals surface area contributed by atoms with Crippen molar-refractivity contribution in [2.75, 3.05) is 26.3 Å². The van der Waals surface area contributed by atoms with Crippen molar-refractivity contribution in [1.29, 1.82) is 0 Å². The summed E-state index contributed by atoms with van der Waals surface area (Å²) < 4.78 is 11.2. The van der Waals surface area contributed by atoms with E-state index in [9.17, 15) is 0 Å². The van der Waals surface area contributed by atoms with Crippen LogP contribution in [0.15, 0.2) is 48.5 Å². The van der Waals surface area contributed by atoms with E-state index in [1.165, 1.54) is 0 Å². The van der Waals surface area contributed by atoms with Gasteiger partial charge in [0.1, 0.15) is 17.3 Å². The van der Waals surface area contributed by atoms with Gasteiger partial charge in [-0.05, 0) is 18.2 Å². The highest BCUT2D eigenvalue weighted by molar-refractivity contribution is 7.80. The van der Waals surface area contributed by atoms with Crippen LogP contribution >= 0.6 is 23.8 Å². The summed E-state index contributed by atoms with van der Waals surface area (Å²) in [5.41, 5.74) is 1.97. The Kier molecular flexibility index (Phi) is 5.49. The Hall–Kier alpha value is -1.62. The molecule has 120 valence electrons. The number of thiocarbonyl (C=S) groups is 1. The van der Waals surface area contributed by atoms with Gasteiger partial charge in [-0.3, -0.25) is 0 Å². The maximum atomic E-state index is 6.15. The number of ether oxygens (including phenoxy) is 2. The lowest BCUT2D eigenvalue weighted by molar-refractivity contribution is 0.0693. The third-order valence-corrected chi connectivity index (χ3v) is 4.59. The Morgan fingerprint density at radius 1 is 1.13 bits per heavy atom. The predicted octanol–water partition coefficient (Wildman–Crippen LogP) is 3.93. The van der Waals surface area contributed by atoms with Gasteiger partial charge in [-0.1, -0.05) is 54.2 Å². The Morgan fingerprint density at radius 3 is 2.70 bits per heavy atom. The molecule has 1 saturated heterocycles. The zero-order valence-electron chi connectivity index (χ0n) is 12.7.